The average molecular weight is 378 g/mol. The Morgan fingerprint density at radius 3 is 2.93 bits per heavy atom. The van der Waals surface area contributed by atoms with Crippen molar-refractivity contribution in [1.82, 2.24) is 19.8 Å². The van der Waals surface area contributed by atoms with E-state index in [-0.39, 0.29) is 17.9 Å². The van der Waals surface area contributed by atoms with E-state index in [1.165, 1.54) is 0 Å². The van der Waals surface area contributed by atoms with Gasteiger partial charge >= 0.3 is 0 Å². The number of carbonyl (C=O) groups excluding carboxylic acids is 2. The van der Waals surface area contributed by atoms with E-state index < -0.39 is 0 Å². The number of pyridine rings is 1. The summed E-state index contributed by atoms with van der Waals surface area (Å²) in [4.78, 5) is 31.6. The van der Waals surface area contributed by atoms with Gasteiger partial charge in [0.1, 0.15) is 11.4 Å². The third-order valence-corrected chi connectivity index (χ3v) is 5.02. The molecule has 1 N–H and O–H groups in total. The van der Waals surface area contributed by atoms with Gasteiger partial charge in [-0.05, 0) is 24.3 Å². The van der Waals surface area contributed by atoms with Crippen LogP contribution in [0.15, 0.2) is 54.7 Å². The molecule has 0 fully saturated rings. The van der Waals surface area contributed by atoms with E-state index in [1.807, 2.05) is 53.2 Å². The summed E-state index contributed by atoms with van der Waals surface area (Å²) < 4.78 is 7.08. The van der Waals surface area contributed by atoms with E-state index in [4.69, 9.17) is 4.74 Å². The minimum absolute atomic E-state index is 0.0450. The SMILES string of the molecule is COCCN1C(=O)c2cccn2CC1CNC(=O)c1ccc2ccccc2n1. The van der Waals surface area contributed by atoms with Crippen molar-refractivity contribution in [3.8, 4) is 0 Å². The van der Waals surface area contributed by atoms with Crippen molar-refractivity contribution in [2.75, 3.05) is 26.8 Å². The van der Waals surface area contributed by atoms with Crippen molar-refractivity contribution >= 4 is 22.7 Å². The van der Waals surface area contributed by atoms with Crippen LogP contribution >= 0.6 is 0 Å². The van der Waals surface area contributed by atoms with Crippen LogP contribution in [0.4, 0.5) is 0 Å². The standard InChI is InChI=1S/C21H22N4O3/c1-28-12-11-25-16(14-24-10-4-7-19(24)21(25)27)13-22-20(26)18-9-8-15-5-2-3-6-17(15)23-18/h2-10,16H,11-14H2,1H3,(H,22,26). The molecule has 1 atom stereocenters. The highest BCUT2D eigenvalue weighted by molar-refractivity contribution is 5.95. The maximum Gasteiger partial charge on any atom is 0.270 e. The lowest BCUT2D eigenvalue weighted by Gasteiger charge is -2.36. The van der Waals surface area contributed by atoms with Crippen molar-refractivity contribution in [1.29, 1.82) is 0 Å². The predicted octanol–water partition coefficient (Wildman–Crippen LogP) is 1.94. The summed E-state index contributed by atoms with van der Waals surface area (Å²) in [5, 5.41) is 3.92. The zero-order valence-corrected chi connectivity index (χ0v) is 15.7. The monoisotopic (exact) mass is 378 g/mol. The maximum absolute atomic E-state index is 12.8. The number of hydrogen-bond donors (Lipinski definition) is 1. The Balaban J connectivity index is 1.48. The second-order valence-electron chi connectivity index (χ2n) is 6.79. The van der Waals surface area contributed by atoms with Gasteiger partial charge in [0.2, 0.25) is 0 Å². The fourth-order valence-corrected chi connectivity index (χ4v) is 3.55. The fraction of sp³-hybridized carbons (Fsp3) is 0.286. The highest BCUT2D eigenvalue weighted by atomic mass is 16.5. The zero-order chi connectivity index (χ0) is 19.5. The zero-order valence-electron chi connectivity index (χ0n) is 15.7. The molecule has 1 aliphatic heterocycles. The summed E-state index contributed by atoms with van der Waals surface area (Å²) in [5.41, 5.74) is 1.81. The first kappa shape index (κ1) is 18.2. The molecule has 0 radical (unpaired) electrons. The molecule has 1 aliphatic rings. The lowest BCUT2D eigenvalue weighted by atomic mass is 10.1. The molecule has 2 amide bonds. The maximum atomic E-state index is 12.8. The largest absolute Gasteiger partial charge is 0.383 e. The molecule has 7 nitrogen and oxygen atoms in total. The molecule has 1 aromatic carbocycles. The Hall–Kier alpha value is -3.19. The smallest absolute Gasteiger partial charge is 0.270 e. The number of ether oxygens (including phenoxy) is 1. The minimum atomic E-state index is -0.247. The lowest BCUT2D eigenvalue weighted by molar-refractivity contribution is 0.0504. The van der Waals surface area contributed by atoms with Gasteiger partial charge in [0.25, 0.3) is 11.8 Å². The molecule has 1 unspecified atom stereocenters. The summed E-state index contributed by atoms with van der Waals surface area (Å²) in [6, 6.07) is 14.8. The van der Waals surface area contributed by atoms with E-state index >= 15 is 0 Å². The van der Waals surface area contributed by atoms with Crippen LogP contribution < -0.4 is 5.32 Å². The molecular formula is C21H22N4O3. The van der Waals surface area contributed by atoms with Crippen molar-refractivity contribution in [2.24, 2.45) is 0 Å². The normalized spacial score (nSPS) is 16.2. The molecule has 7 heteroatoms. The van der Waals surface area contributed by atoms with Gasteiger partial charge < -0.3 is 19.5 Å². The molecule has 0 spiro atoms. The van der Waals surface area contributed by atoms with Crippen molar-refractivity contribution in [2.45, 2.75) is 12.6 Å². The molecule has 0 saturated carbocycles. The van der Waals surface area contributed by atoms with Crippen LogP contribution in [0.3, 0.4) is 0 Å². The topological polar surface area (TPSA) is 76.5 Å². The molecular weight excluding hydrogens is 356 g/mol. The Kier molecular flexibility index (Phi) is 5.08. The summed E-state index contributed by atoms with van der Waals surface area (Å²) in [7, 11) is 1.61. The first-order valence-corrected chi connectivity index (χ1v) is 9.26. The summed E-state index contributed by atoms with van der Waals surface area (Å²) >= 11 is 0. The molecule has 0 aliphatic carbocycles. The molecule has 3 heterocycles. The summed E-state index contributed by atoms with van der Waals surface area (Å²) in [5.74, 6) is -0.292. The van der Waals surface area contributed by atoms with Crippen molar-refractivity contribution in [3.05, 3.63) is 66.1 Å². The van der Waals surface area contributed by atoms with Gasteiger partial charge in [-0.1, -0.05) is 24.3 Å². The van der Waals surface area contributed by atoms with Gasteiger partial charge in [-0.15, -0.1) is 0 Å². The van der Waals surface area contributed by atoms with E-state index in [1.54, 1.807) is 18.1 Å². The van der Waals surface area contributed by atoms with Crippen LogP contribution in [0.2, 0.25) is 0 Å². The van der Waals surface area contributed by atoms with Crippen molar-refractivity contribution < 1.29 is 14.3 Å². The number of aromatic nitrogens is 2. The van der Waals surface area contributed by atoms with Gasteiger partial charge in [-0.25, -0.2) is 4.98 Å². The van der Waals surface area contributed by atoms with E-state index in [0.717, 1.165) is 10.9 Å². The third-order valence-electron chi connectivity index (χ3n) is 5.02. The molecule has 0 bridgehead atoms. The number of carbonyl (C=O) groups is 2. The first-order valence-electron chi connectivity index (χ1n) is 9.26. The minimum Gasteiger partial charge on any atom is -0.383 e. The van der Waals surface area contributed by atoms with Crippen LogP contribution in [-0.4, -0.2) is 59.1 Å². The highest BCUT2D eigenvalue weighted by Crippen LogP contribution is 2.18. The Morgan fingerprint density at radius 2 is 2.07 bits per heavy atom. The van der Waals surface area contributed by atoms with E-state index in [2.05, 4.69) is 10.3 Å². The van der Waals surface area contributed by atoms with Gasteiger partial charge in [0, 0.05) is 38.3 Å². The molecule has 2 aromatic heterocycles. The Bertz CT molecular complexity index is 1010. The number of nitrogens with zero attached hydrogens (tertiary/aromatic N) is 3. The molecule has 3 aromatic rings. The number of hydrogen-bond acceptors (Lipinski definition) is 4. The average Bonchev–Trinajstić information content (AvgIpc) is 3.20. The summed E-state index contributed by atoms with van der Waals surface area (Å²) in [6.07, 6.45) is 1.89. The number of para-hydroxylation sites is 1. The first-order chi connectivity index (χ1) is 13.7. The second kappa shape index (κ2) is 7.82. The second-order valence-corrected chi connectivity index (χ2v) is 6.79. The van der Waals surface area contributed by atoms with Gasteiger partial charge in [0.15, 0.2) is 0 Å². The molecule has 28 heavy (non-hydrogen) atoms. The number of rotatable bonds is 6. The number of methoxy groups -OCH3 is 1. The van der Waals surface area contributed by atoms with Crippen LogP contribution in [0.5, 0.6) is 0 Å². The van der Waals surface area contributed by atoms with Crippen LogP contribution in [0, 0.1) is 0 Å². The Morgan fingerprint density at radius 1 is 1.21 bits per heavy atom. The Labute approximate surface area is 162 Å². The van der Waals surface area contributed by atoms with Crippen LogP contribution in [0.25, 0.3) is 10.9 Å². The fourth-order valence-electron chi connectivity index (χ4n) is 3.55. The predicted molar refractivity (Wildman–Crippen MR) is 105 cm³/mol. The molecule has 144 valence electrons. The van der Waals surface area contributed by atoms with Crippen LogP contribution in [-0.2, 0) is 11.3 Å². The number of benzene rings is 1. The van der Waals surface area contributed by atoms with Gasteiger partial charge in [-0.3, -0.25) is 9.59 Å². The third kappa shape index (κ3) is 3.48. The molecule has 0 saturated heterocycles. The summed E-state index contributed by atoms with van der Waals surface area (Å²) in [6.45, 7) is 1.90. The quantitative estimate of drug-likeness (QED) is 0.711. The van der Waals surface area contributed by atoms with Gasteiger partial charge in [-0.2, -0.15) is 0 Å². The van der Waals surface area contributed by atoms with Crippen molar-refractivity contribution in [3.63, 3.8) is 0 Å². The lowest BCUT2D eigenvalue weighted by Crippen LogP contribution is -2.53. The molecule has 4 rings (SSSR count). The van der Waals surface area contributed by atoms with E-state index in [0.29, 0.717) is 37.6 Å². The van der Waals surface area contributed by atoms with Crippen LogP contribution in [0.1, 0.15) is 21.0 Å². The van der Waals surface area contributed by atoms with Gasteiger partial charge in [0.05, 0.1) is 18.2 Å². The number of nitrogens with one attached hydrogen (secondary N) is 1. The number of fused-ring (bicyclic) bond motifs is 2. The number of amides is 2. The highest BCUT2D eigenvalue weighted by Gasteiger charge is 2.32. The van der Waals surface area contributed by atoms with E-state index in [9.17, 15) is 9.59 Å².